The fourth-order valence-electron chi connectivity index (χ4n) is 2.85. The molecule has 1 fully saturated rings. The van der Waals surface area contributed by atoms with Crippen molar-refractivity contribution in [3.63, 3.8) is 0 Å². The van der Waals surface area contributed by atoms with Gasteiger partial charge < -0.3 is 14.9 Å². The Morgan fingerprint density at radius 2 is 2.04 bits per heavy atom. The lowest BCUT2D eigenvalue weighted by Gasteiger charge is -2.28. The first-order chi connectivity index (χ1) is 12.5. The number of likely N-dealkylation sites (N-methyl/N-ethyl adjacent to an activating group) is 1. The number of carboxylic acid groups (broad SMARTS) is 1. The number of piperidine rings is 1. The zero-order valence-corrected chi connectivity index (χ0v) is 14.6. The SMILES string of the molecule is CN(CCN1CCCCC1=O)c1nccc(-c2cc(C(=O)O)ccn2)n1. The van der Waals surface area contributed by atoms with Crippen LogP contribution in [-0.4, -0.2) is 63.5 Å². The summed E-state index contributed by atoms with van der Waals surface area (Å²) in [5.74, 6) is -0.297. The molecule has 8 heteroatoms. The van der Waals surface area contributed by atoms with Gasteiger partial charge in [-0.1, -0.05) is 0 Å². The lowest BCUT2D eigenvalue weighted by atomic mass is 10.1. The minimum Gasteiger partial charge on any atom is -0.478 e. The normalized spacial score (nSPS) is 14.3. The molecule has 0 spiro atoms. The van der Waals surface area contributed by atoms with E-state index in [2.05, 4.69) is 15.0 Å². The predicted molar refractivity (Wildman–Crippen MR) is 95.9 cm³/mol. The van der Waals surface area contributed by atoms with E-state index in [0.717, 1.165) is 19.4 Å². The van der Waals surface area contributed by atoms with Gasteiger partial charge in [-0.15, -0.1) is 0 Å². The third-order valence-electron chi connectivity index (χ3n) is 4.38. The standard InChI is InChI=1S/C18H21N5O3/c1-22(10-11-23-9-3-2-4-16(23)24)18-20-8-6-14(21-18)15-12-13(17(25)26)5-7-19-15/h5-8,12H,2-4,9-11H2,1H3,(H,25,26). The van der Waals surface area contributed by atoms with Crippen molar-refractivity contribution in [2.24, 2.45) is 0 Å². The Morgan fingerprint density at radius 3 is 2.81 bits per heavy atom. The molecule has 0 aliphatic carbocycles. The molecule has 0 unspecified atom stereocenters. The first kappa shape index (κ1) is 17.8. The summed E-state index contributed by atoms with van der Waals surface area (Å²) < 4.78 is 0. The summed E-state index contributed by atoms with van der Waals surface area (Å²) in [5, 5.41) is 9.11. The van der Waals surface area contributed by atoms with Crippen LogP contribution in [-0.2, 0) is 4.79 Å². The molecule has 2 aromatic heterocycles. The number of carboxylic acids is 1. The molecule has 1 N–H and O–H groups in total. The van der Waals surface area contributed by atoms with E-state index in [1.807, 2.05) is 16.8 Å². The van der Waals surface area contributed by atoms with Crippen LogP contribution < -0.4 is 4.90 Å². The molecule has 3 heterocycles. The smallest absolute Gasteiger partial charge is 0.335 e. The van der Waals surface area contributed by atoms with Crippen molar-refractivity contribution in [2.75, 3.05) is 31.6 Å². The van der Waals surface area contributed by atoms with E-state index < -0.39 is 5.97 Å². The Bertz CT molecular complexity index is 811. The average Bonchev–Trinajstić information content (AvgIpc) is 2.67. The highest BCUT2D eigenvalue weighted by Gasteiger charge is 2.18. The lowest BCUT2D eigenvalue weighted by molar-refractivity contribution is -0.133. The number of pyridine rings is 1. The number of hydrogen-bond acceptors (Lipinski definition) is 6. The van der Waals surface area contributed by atoms with Crippen LogP contribution in [0.5, 0.6) is 0 Å². The molecular formula is C18H21N5O3. The first-order valence-electron chi connectivity index (χ1n) is 8.56. The van der Waals surface area contributed by atoms with Gasteiger partial charge in [0.25, 0.3) is 0 Å². The van der Waals surface area contributed by atoms with Crippen LogP contribution in [0.3, 0.4) is 0 Å². The van der Waals surface area contributed by atoms with Crippen LogP contribution in [0.25, 0.3) is 11.4 Å². The third-order valence-corrected chi connectivity index (χ3v) is 4.38. The lowest BCUT2D eigenvalue weighted by Crippen LogP contribution is -2.40. The first-order valence-corrected chi connectivity index (χ1v) is 8.56. The minimum atomic E-state index is -1.01. The van der Waals surface area contributed by atoms with E-state index in [1.54, 1.807) is 12.3 Å². The second-order valence-electron chi connectivity index (χ2n) is 6.24. The zero-order chi connectivity index (χ0) is 18.5. The molecule has 0 saturated carbocycles. The maximum atomic E-state index is 11.9. The van der Waals surface area contributed by atoms with Crippen molar-refractivity contribution in [1.82, 2.24) is 19.9 Å². The Labute approximate surface area is 151 Å². The van der Waals surface area contributed by atoms with Crippen molar-refractivity contribution in [3.05, 3.63) is 36.2 Å². The van der Waals surface area contributed by atoms with E-state index in [1.165, 1.54) is 18.3 Å². The highest BCUT2D eigenvalue weighted by atomic mass is 16.4. The Hall–Kier alpha value is -3.03. The molecule has 136 valence electrons. The van der Waals surface area contributed by atoms with Crippen LogP contribution in [0.2, 0.25) is 0 Å². The van der Waals surface area contributed by atoms with Gasteiger partial charge in [0, 0.05) is 45.5 Å². The second kappa shape index (κ2) is 7.90. The number of nitrogens with zero attached hydrogens (tertiary/aromatic N) is 5. The maximum absolute atomic E-state index is 11.9. The largest absolute Gasteiger partial charge is 0.478 e. The Kier molecular flexibility index (Phi) is 5.40. The number of hydrogen-bond donors (Lipinski definition) is 1. The molecule has 1 saturated heterocycles. The molecule has 0 atom stereocenters. The van der Waals surface area contributed by atoms with Crippen molar-refractivity contribution in [3.8, 4) is 11.4 Å². The van der Waals surface area contributed by atoms with Gasteiger partial charge in [-0.3, -0.25) is 9.78 Å². The van der Waals surface area contributed by atoms with E-state index in [-0.39, 0.29) is 11.5 Å². The quantitative estimate of drug-likeness (QED) is 0.841. The fourth-order valence-corrected chi connectivity index (χ4v) is 2.85. The molecule has 0 radical (unpaired) electrons. The molecule has 0 aromatic carbocycles. The van der Waals surface area contributed by atoms with E-state index in [0.29, 0.717) is 36.8 Å². The average molecular weight is 355 g/mol. The van der Waals surface area contributed by atoms with Crippen LogP contribution in [0.4, 0.5) is 5.95 Å². The third kappa shape index (κ3) is 4.14. The number of likely N-dealkylation sites (tertiary alicyclic amines) is 1. The minimum absolute atomic E-state index is 0.159. The van der Waals surface area contributed by atoms with Gasteiger partial charge in [-0.25, -0.2) is 14.8 Å². The topological polar surface area (TPSA) is 99.5 Å². The Morgan fingerprint density at radius 1 is 1.23 bits per heavy atom. The zero-order valence-electron chi connectivity index (χ0n) is 14.6. The van der Waals surface area contributed by atoms with Crippen LogP contribution in [0.1, 0.15) is 29.6 Å². The second-order valence-corrected chi connectivity index (χ2v) is 6.24. The summed E-state index contributed by atoms with van der Waals surface area (Å²) in [5.41, 5.74) is 1.19. The van der Waals surface area contributed by atoms with E-state index >= 15 is 0 Å². The summed E-state index contributed by atoms with van der Waals surface area (Å²) in [6.45, 7) is 2.06. The van der Waals surface area contributed by atoms with Crippen LogP contribution >= 0.6 is 0 Å². The molecule has 8 nitrogen and oxygen atoms in total. The molecule has 1 aliphatic heterocycles. The monoisotopic (exact) mass is 355 g/mol. The number of aromatic nitrogens is 3. The summed E-state index contributed by atoms with van der Waals surface area (Å²) in [6, 6.07) is 4.62. The molecule has 1 aliphatic rings. The molecule has 2 aromatic rings. The highest BCUT2D eigenvalue weighted by molar-refractivity contribution is 5.88. The van der Waals surface area contributed by atoms with Gasteiger partial charge in [0.05, 0.1) is 17.0 Å². The highest BCUT2D eigenvalue weighted by Crippen LogP contribution is 2.18. The van der Waals surface area contributed by atoms with Gasteiger partial charge in [0.1, 0.15) is 0 Å². The van der Waals surface area contributed by atoms with Crippen molar-refractivity contribution < 1.29 is 14.7 Å². The summed E-state index contributed by atoms with van der Waals surface area (Å²) in [4.78, 5) is 39.7. The summed E-state index contributed by atoms with van der Waals surface area (Å²) in [6.07, 6.45) is 5.72. The number of rotatable bonds is 6. The van der Waals surface area contributed by atoms with Gasteiger partial charge >= 0.3 is 5.97 Å². The van der Waals surface area contributed by atoms with Gasteiger partial charge in [-0.2, -0.15) is 0 Å². The van der Waals surface area contributed by atoms with Crippen molar-refractivity contribution in [2.45, 2.75) is 19.3 Å². The molecular weight excluding hydrogens is 334 g/mol. The van der Waals surface area contributed by atoms with Crippen LogP contribution in [0.15, 0.2) is 30.6 Å². The van der Waals surface area contributed by atoms with E-state index in [4.69, 9.17) is 5.11 Å². The summed E-state index contributed by atoms with van der Waals surface area (Å²) in [7, 11) is 1.87. The number of carbonyl (C=O) groups is 2. The van der Waals surface area contributed by atoms with Crippen molar-refractivity contribution >= 4 is 17.8 Å². The molecule has 1 amide bonds. The number of anilines is 1. The van der Waals surface area contributed by atoms with Crippen molar-refractivity contribution in [1.29, 1.82) is 0 Å². The fraction of sp³-hybridized carbons (Fsp3) is 0.389. The number of carbonyl (C=O) groups excluding carboxylic acids is 1. The molecule has 26 heavy (non-hydrogen) atoms. The Balaban J connectivity index is 1.71. The van der Waals surface area contributed by atoms with Gasteiger partial charge in [0.2, 0.25) is 11.9 Å². The summed E-state index contributed by atoms with van der Waals surface area (Å²) >= 11 is 0. The molecule has 0 bridgehead atoms. The van der Waals surface area contributed by atoms with Crippen LogP contribution in [0, 0.1) is 0 Å². The van der Waals surface area contributed by atoms with Gasteiger partial charge in [0.15, 0.2) is 0 Å². The predicted octanol–water partition coefficient (Wildman–Crippen LogP) is 1.69. The number of amides is 1. The van der Waals surface area contributed by atoms with Gasteiger partial charge in [-0.05, 0) is 31.0 Å². The van der Waals surface area contributed by atoms with E-state index in [9.17, 15) is 9.59 Å². The molecule has 3 rings (SSSR count). The number of aromatic carboxylic acids is 1. The maximum Gasteiger partial charge on any atom is 0.335 e.